The molecule has 0 spiro atoms. The number of aromatic nitrogens is 3. The first-order valence-electron chi connectivity index (χ1n) is 8.96. The zero-order valence-corrected chi connectivity index (χ0v) is 16.3. The Labute approximate surface area is 170 Å². The van der Waals surface area contributed by atoms with Crippen molar-refractivity contribution in [3.05, 3.63) is 71.2 Å². The molecule has 0 fully saturated rings. The van der Waals surface area contributed by atoms with E-state index < -0.39 is 0 Å². The Balaban J connectivity index is 1.43. The first kappa shape index (κ1) is 17.4. The highest BCUT2D eigenvalue weighted by atomic mass is 32.1. The van der Waals surface area contributed by atoms with Gasteiger partial charge in [0, 0.05) is 22.6 Å². The zero-order chi connectivity index (χ0) is 19.8. The number of carbonyl (C=O) groups excluding carboxylic acids is 1. The Kier molecular flexibility index (Phi) is 4.25. The summed E-state index contributed by atoms with van der Waals surface area (Å²) >= 11 is 1.47. The van der Waals surface area contributed by atoms with Crippen LogP contribution in [0.15, 0.2) is 60.0 Å². The predicted molar refractivity (Wildman–Crippen MR) is 110 cm³/mol. The fourth-order valence-electron chi connectivity index (χ4n) is 3.06. The van der Waals surface area contributed by atoms with Gasteiger partial charge in [0.25, 0.3) is 5.91 Å². The maximum Gasteiger partial charge on any atom is 0.256 e. The molecule has 0 unspecified atom stereocenters. The minimum absolute atomic E-state index is 0.167. The number of hydrogen-bond acceptors (Lipinski definition) is 6. The van der Waals surface area contributed by atoms with E-state index in [1.807, 2.05) is 48.7 Å². The molecule has 0 bridgehead atoms. The molecule has 1 amide bonds. The highest BCUT2D eigenvalue weighted by Gasteiger charge is 2.19. The molecule has 29 heavy (non-hydrogen) atoms. The number of thiazole rings is 1. The number of carbonyl (C=O) groups is 1. The summed E-state index contributed by atoms with van der Waals surface area (Å²) < 4.78 is 12.3. The highest BCUT2D eigenvalue weighted by molar-refractivity contribution is 7.12. The summed E-state index contributed by atoms with van der Waals surface area (Å²) in [7, 11) is 0. The molecule has 3 heterocycles. The summed E-state index contributed by atoms with van der Waals surface area (Å²) in [5, 5.41) is 10.1. The molecule has 7 nitrogen and oxygen atoms in total. The number of nitrogens with one attached hydrogen (secondary N) is 1. The van der Waals surface area contributed by atoms with E-state index in [1.165, 1.54) is 11.3 Å². The molecular formula is C21H16N4O3S. The van der Waals surface area contributed by atoms with Gasteiger partial charge in [-0.3, -0.25) is 4.79 Å². The van der Waals surface area contributed by atoms with E-state index in [9.17, 15) is 4.79 Å². The second-order valence-electron chi connectivity index (χ2n) is 6.49. The molecule has 1 aliphatic heterocycles. The van der Waals surface area contributed by atoms with Crippen molar-refractivity contribution in [3.63, 3.8) is 0 Å². The van der Waals surface area contributed by atoms with Crippen LogP contribution in [0.25, 0.3) is 16.4 Å². The summed E-state index contributed by atoms with van der Waals surface area (Å²) in [6, 6.07) is 16.9. The molecule has 1 aliphatic rings. The molecule has 2 aromatic carbocycles. The Bertz CT molecular complexity index is 1200. The van der Waals surface area contributed by atoms with Gasteiger partial charge in [0.2, 0.25) is 11.9 Å². The monoisotopic (exact) mass is 404 g/mol. The first-order valence-corrected chi connectivity index (χ1v) is 9.84. The third kappa shape index (κ3) is 3.34. The van der Waals surface area contributed by atoms with Crippen molar-refractivity contribution in [2.24, 2.45) is 0 Å². The number of hydrogen-bond donors (Lipinski definition) is 1. The number of nitrogens with zero attached hydrogens (tertiary/aromatic N) is 3. The van der Waals surface area contributed by atoms with Crippen molar-refractivity contribution in [3.8, 4) is 27.9 Å². The molecule has 5 rings (SSSR count). The highest BCUT2D eigenvalue weighted by Crippen LogP contribution is 2.33. The molecule has 0 radical (unpaired) electrons. The Morgan fingerprint density at radius 3 is 2.79 bits per heavy atom. The van der Waals surface area contributed by atoms with Gasteiger partial charge in [-0.1, -0.05) is 30.3 Å². The number of rotatable bonds is 4. The molecule has 0 aliphatic carbocycles. The van der Waals surface area contributed by atoms with E-state index in [1.54, 1.807) is 22.9 Å². The summed E-state index contributed by atoms with van der Waals surface area (Å²) in [4.78, 5) is 17.5. The van der Waals surface area contributed by atoms with Crippen molar-refractivity contribution in [1.29, 1.82) is 0 Å². The van der Waals surface area contributed by atoms with Gasteiger partial charge in [0.15, 0.2) is 11.5 Å². The molecule has 0 saturated carbocycles. The number of ether oxygens (including phenoxy) is 2. The second-order valence-corrected chi connectivity index (χ2v) is 7.32. The molecule has 0 atom stereocenters. The van der Waals surface area contributed by atoms with Gasteiger partial charge in [0.1, 0.15) is 5.82 Å². The van der Waals surface area contributed by atoms with Crippen LogP contribution < -0.4 is 14.8 Å². The molecular weight excluding hydrogens is 388 g/mol. The topological polar surface area (TPSA) is 78.3 Å². The lowest BCUT2D eigenvalue weighted by molar-refractivity contribution is 0.102. The lowest BCUT2D eigenvalue weighted by Gasteiger charge is -2.07. The van der Waals surface area contributed by atoms with Gasteiger partial charge in [-0.15, -0.1) is 11.3 Å². The minimum atomic E-state index is -0.260. The van der Waals surface area contributed by atoms with Crippen LogP contribution in [0.5, 0.6) is 11.5 Å². The lowest BCUT2D eigenvalue weighted by atomic mass is 10.2. The van der Waals surface area contributed by atoms with Crippen LogP contribution in [0.4, 0.5) is 5.82 Å². The van der Waals surface area contributed by atoms with Gasteiger partial charge >= 0.3 is 0 Å². The van der Waals surface area contributed by atoms with Gasteiger partial charge < -0.3 is 14.8 Å². The summed E-state index contributed by atoms with van der Waals surface area (Å²) in [6.07, 6.45) is 0. The lowest BCUT2D eigenvalue weighted by Crippen LogP contribution is -2.15. The Morgan fingerprint density at radius 1 is 1.10 bits per heavy atom. The van der Waals surface area contributed by atoms with E-state index in [4.69, 9.17) is 9.47 Å². The Hall–Kier alpha value is -3.65. The maximum atomic E-state index is 12.8. The van der Waals surface area contributed by atoms with Crippen LogP contribution in [0.2, 0.25) is 0 Å². The van der Waals surface area contributed by atoms with Gasteiger partial charge in [0.05, 0.1) is 11.4 Å². The van der Waals surface area contributed by atoms with Gasteiger partial charge in [-0.05, 0) is 25.1 Å². The second kappa shape index (κ2) is 7.06. The standard InChI is InChI=1S/C21H16N4O3S/c1-13-9-19(23-20(26)15-7-8-17-18(10-15)28-12-27-17)25(24-13)21-22-16(11-29-21)14-5-3-2-4-6-14/h2-11H,12H2,1H3,(H,23,26). The van der Waals surface area contributed by atoms with Crippen LogP contribution in [0.1, 0.15) is 16.1 Å². The summed E-state index contributed by atoms with van der Waals surface area (Å²) in [5.74, 6) is 1.50. The third-order valence-electron chi connectivity index (χ3n) is 4.45. The van der Waals surface area contributed by atoms with Crippen LogP contribution in [-0.2, 0) is 0 Å². The van der Waals surface area contributed by atoms with Gasteiger partial charge in [-0.2, -0.15) is 9.78 Å². The minimum Gasteiger partial charge on any atom is -0.454 e. The molecule has 0 saturated heterocycles. The van der Waals surface area contributed by atoms with Gasteiger partial charge in [-0.25, -0.2) is 4.98 Å². The summed E-state index contributed by atoms with van der Waals surface area (Å²) in [5.41, 5.74) is 3.16. The van der Waals surface area contributed by atoms with E-state index >= 15 is 0 Å². The average Bonchev–Trinajstić information content (AvgIpc) is 3.47. The maximum absolute atomic E-state index is 12.8. The van der Waals surface area contributed by atoms with Crippen molar-refractivity contribution in [2.75, 3.05) is 12.1 Å². The molecule has 2 aromatic heterocycles. The van der Waals surface area contributed by atoms with Crippen LogP contribution in [0.3, 0.4) is 0 Å². The number of aryl methyl sites for hydroxylation is 1. The van der Waals surface area contributed by atoms with Crippen molar-refractivity contribution >= 4 is 23.1 Å². The average molecular weight is 404 g/mol. The molecule has 8 heteroatoms. The smallest absolute Gasteiger partial charge is 0.256 e. The quantitative estimate of drug-likeness (QED) is 0.549. The van der Waals surface area contributed by atoms with Crippen molar-refractivity contribution < 1.29 is 14.3 Å². The van der Waals surface area contributed by atoms with Crippen LogP contribution in [0, 0.1) is 6.92 Å². The van der Waals surface area contributed by atoms with E-state index in [2.05, 4.69) is 15.4 Å². The molecule has 1 N–H and O–H groups in total. The van der Waals surface area contributed by atoms with E-state index in [-0.39, 0.29) is 12.7 Å². The zero-order valence-electron chi connectivity index (χ0n) is 15.5. The predicted octanol–water partition coefficient (Wildman–Crippen LogP) is 4.29. The van der Waals surface area contributed by atoms with Crippen LogP contribution >= 0.6 is 11.3 Å². The third-order valence-corrected chi connectivity index (χ3v) is 5.27. The molecule has 4 aromatic rings. The van der Waals surface area contributed by atoms with Crippen molar-refractivity contribution in [1.82, 2.24) is 14.8 Å². The SMILES string of the molecule is Cc1cc(NC(=O)c2ccc3c(c2)OCO3)n(-c2nc(-c3ccccc3)cs2)n1. The number of anilines is 1. The summed E-state index contributed by atoms with van der Waals surface area (Å²) in [6.45, 7) is 2.04. The number of benzene rings is 2. The largest absolute Gasteiger partial charge is 0.454 e. The van der Waals surface area contributed by atoms with E-state index in [0.717, 1.165) is 17.0 Å². The molecule has 144 valence electrons. The van der Waals surface area contributed by atoms with Crippen LogP contribution in [-0.4, -0.2) is 27.5 Å². The first-order chi connectivity index (χ1) is 14.2. The Morgan fingerprint density at radius 2 is 1.93 bits per heavy atom. The normalized spacial score (nSPS) is 12.2. The number of fused-ring (bicyclic) bond motifs is 1. The fraction of sp³-hybridized carbons (Fsp3) is 0.0952. The number of amides is 1. The fourth-order valence-corrected chi connectivity index (χ4v) is 3.86. The van der Waals surface area contributed by atoms with E-state index in [0.29, 0.717) is 28.0 Å². The van der Waals surface area contributed by atoms with Crippen molar-refractivity contribution in [2.45, 2.75) is 6.92 Å².